The standard InChI is InChI=1S/C18H26FNO5/c1-6-23-15-10-14(19)8-7-13(15)9-12(2)24-16(21)11-20-17(22)25-18(3,4)5/h7-8,10,12H,6,9,11H2,1-5H3,(H,20,22). The number of benzene rings is 1. The van der Waals surface area contributed by atoms with Crippen LogP contribution in [0.25, 0.3) is 0 Å². The highest BCUT2D eigenvalue weighted by atomic mass is 19.1. The van der Waals surface area contributed by atoms with E-state index >= 15 is 0 Å². The van der Waals surface area contributed by atoms with Gasteiger partial charge in [0.05, 0.1) is 6.61 Å². The highest BCUT2D eigenvalue weighted by Gasteiger charge is 2.18. The number of alkyl carbamates (subject to hydrolysis) is 1. The molecule has 0 aliphatic rings. The number of hydrogen-bond donors (Lipinski definition) is 1. The smallest absolute Gasteiger partial charge is 0.408 e. The van der Waals surface area contributed by atoms with Crippen molar-refractivity contribution in [1.29, 1.82) is 0 Å². The highest BCUT2D eigenvalue weighted by Crippen LogP contribution is 2.22. The van der Waals surface area contributed by atoms with Gasteiger partial charge in [-0.2, -0.15) is 0 Å². The van der Waals surface area contributed by atoms with E-state index in [0.29, 0.717) is 18.8 Å². The first kappa shape index (κ1) is 20.7. The Bertz CT molecular complexity index is 598. The lowest BCUT2D eigenvalue weighted by molar-refractivity contribution is -0.147. The molecule has 25 heavy (non-hydrogen) atoms. The molecule has 0 saturated carbocycles. The number of nitrogens with one attached hydrogen (secondary N) is 1. The summed E-state index contributed by atoms with van der Waals surface area (Å²) in [6.07, 6.45) is -0.778. The Hall–Kier alpha value is -2.31. The Labute approximate surface area is 147 Å². The molecule has 0 spiro atoms. The SMILES string of the molecule is CCOc1cc(F)ccc1CC(C)OC(=O)CNC(=O)OC(C)(C)C. The van der Waals surface area contributed by atoms with Crippen LogP contribution in [-0.4, -0.2) is 36.9 Å². The lowest BCUT2D eigenvalue weighted by atomic mass is 10.1. The molecular formula is C18H26FNO5. The summed E-state index contributed by atoms with van der Waals surface area (Å²) >= 11 is 0. The van der Waals surface area contributed by atoms with Gasteiger partial charge in [0.1, 0.15) is 29.8 Å². The van der Waals surface area contributed by atoms with E-state index < -0.39 is 29.6 Å². The molecule has 0 aliphatic heterocycles. The molecule has 0 bridgehead atoms. The molecule has 0 fully saturated rings. The van der Waals surface area contributed by atoms with E-state index in [0.717, 1.165) is 5.56 Å². The molecule has 0 saturated heterocycles. The Morgan fingerprint density at radius 3 is 2.56 bits per heavy atom. The van der Waals surface area contributed by atoms with E-state index in [4.69, 9.17) is 14.2 Å². The normalized spacial score (nSPS) is 12.2. The van der Waals surface area contributed by atoms with Gasteiger partial charge in [-0.15, -0.1) is 0 Å². The Morgan fingerprint density at radius 2 is 1.96 bits per heavy atom. The van der Waals surface area contributed by atoms with Gasteiger partial charge in [-0.05, 0) is 46.2 Å². The third-order valence-corrected chi connectivity index (χ3v) is 2.94. The van der Waals surface area contributed by atoms with Crippen LogP contribution < -0.4 is 10.1 Å². The predicted molar refractivity (Wildman–Crippen MR) is 91.1 cm³/mol. The van der Waals surface area contributed by atoms with Crippen LogP contribution in [0.2, 0.25) is 0 Å². The molecule has 0 radical (unpaired) electrons. The molecule has 0 aliphatic carbocycles. The topological polar surface area (TPSA) is 73.9 Å². The van der Waals surface area contributed by atoms with Crippen LogP contribution in [0.3, 0.4) is 0 Å². The van der Waals surface area contributed by atoms with Gasteiger partial charge in [-0.3, -0.25) is 4.79 Å². The summed E-state index contributed by atoms with van der Waals surface area (Å²) in [5, 5.41) is 2.34. The second-order valence-corrected chi connectivity index (χ2v) is 6.55. The lowest BCUT2D eigenvalue weighted by Crippen LogP contribution is -2.36. The summed E-state index contributed by atoms with van der Waals surface area (Å²) in [4.78, 5) is 23.3. The van der Waals surface area contributed by atoms with Gasteiger partial charge >= 0.3 is 12.1 Å². The molecule has 7 heteroatoms. The molecule has 1 atom stereocenters. The second-order valence-electron chi connectivity index (χ2n) is 6.55. The second kappa shape index (κ2) is 9.25. The molecule has 1 aromatic rings. The molecule has 140 valence electrons. The summed E-state index contributed by atoms with van der Waals surface area (Å²) in [7, 11) is 0. The van der Waals surface area contributed by atoms with Crippen molar-refractivity contribution in [2.24, 2.45) is 0 Å². The first-order valence-corrected chi connectivity index (χ1v) is 8.18. The number of carbonyl (C=O) groups excluding carboxylic acids is 2. The number of esters is 1. The number of hydrogen-bond acceptors (Lipinski definition) is 5. The third-order valence-electron chi connectivity index (χ3n) is 2.94. The zero-order chi connectivity index (χ0) is 19.0. The quantitative estimate of drug-likeness (QED) is 0.760. The van der Waals surface area contributed by atoms with Crippen molar-refractivity contribution in [3.05, 3.63) is 29.6 Å². The lowest BCUT2D eigenvalue weighted by Gasteiger charge is -2.20. The summed E-state index contributed by atoms with van der Waals surface area (Å²) in [6.45, 7) is 8.82. The molecule has 0 aromatic heterocycles. The maximum atomic E-state index is 13.3. The largest absolute Gasteiger partial charge is 0.493 e. The summed E-state index contributed by atoms with van der Waals surface area (Å²) in [5.41, 5.74) is 0.100. The van der Waals surface area contributed by atoms with Crippen LogP contribution in [0.4, 0.5) is 9.18 Å². The fraction of sp³-hybridized carbons (Fsp3) is 0.556. The summed E-state index contributed by atoms with van der Waals surface area (Å²) < 4.78 is 29.0. The van der Waals surface area contributed by atoms with Crippen molar-refractivity contribution in [3.63, 3.8) is 0 Å². The average Bonchev–Trinajstić information content (AvgIpc) is 2.46. The van der Waals surface area contributed by atoms with Crippen LogP contribution >= 0.6 is 0 Å². The first-order valence-electron chi connectivity index (χ1n) is 8.18. The molecule has 6 nitrogen and oxygen atoms in total. The van der Waals surface area contributed by atoms with E-state index in [-0.39, 0.29) is 6.54 Å². The average molecular weight is 355 g/mol. The van der Waals surface area contributed by atoms with E-state index in [1.165, 1.54) is 12.1 Å². The molecular weight excluding hydrogens is 329 g/mol. The highest BCUT2D eigenvalue weighted by molar-refractivity contribution is 5.78. The molecule has 1 N–H and O–H groups in total. The van der Waals surface area contributed by atoms with Crippen molar-refractivity contribution in [2.75, 3.05) is 13.2 Å². The van der Waals surface area contributed by atoms with Gasteiger partial charge in [0.15, 0.2) is 0 Å². The molecule has 1 amide bonds. The predicted octanol–water partition coefficient (Wildman–Crippen LogP) is 3.22. The fourth-order valence-electron chi connectivity index (χ4n) is 2.06. The summed E-state index contributed by atoms with van der Waals surface area (Å²) in [6, 6.07) is 4.23. The van der Waals surface area contributed by atoms with E-state index in [1.54, 1.807) is 40.7 Å². The zero-order valence-electron chi connectivity index (χ0n) is 15.3. The van der Waals surface area contributed by atoms with Crippen LogP contribution in [-0.2, 0) is 20.7 Å². The van der Waals surface area contributed by atoms with Crippen LogP contribution in [0, 0.1) is 5.82 Å². The van der Waals surface area contributed by atoms with Crippen LogP contribution in [0.5, 0.6) is 5.75 Å². The minimum Gasteiger partial charge on any atom is -0.493 e. The van der Waals surface area contributed by atoms with Crippen LogP contribution in [0.15, 0.2) is 18.2 Å². The van der Waals surface area contributed by atoms with Crippen molar-refractivity contribution in [1.82, 2.24) is 5.32 Å². The monoisotopic (exact) mass is 355 g/mol. The van der Waals surface area contributed by atoms with Crippen molar-refractivity contribution in [3.8, 4) is 5.75 Å². The number of ether oxygens (including phenoxy) is 3. The van der Waals surface area contributed by atoms with Crippen molar-refractivity contribution < 1.29 is 28.2 Å². The number of rotatable bonds is 7. The van der Waals surface area contributed by atoms with Crippen molar-refractivity contribution >= 4 is 12.1 Å². The maximum absolute atomic E-state index is 13.3. The number of amides is 1. The Morgan fingerprint density at radius 1 is 1.28 bits per heavy atom. The van der Waals surface area contributed by atoms with Gasteiger partial charge in [0.25, 0.3) is 0 Å². The molecule has 0 heterocycles. The minimum atomic E-state index is -0.686. The van der Waals surface area contributed by atoms with Gasteiger partial charge in [-0.25, -0.2) is 9.18 Å². The van der Waals surface area contributed by atoms with Gasteiger partial charge in [-0.1, -0.05) is 6.07 Å². The van der Waals surface area contributed by atoms with E-state index in [9.17, 15) is 14.0 Å². The third kappa shape index (κ3) is 8.37. The van der Waals surface area contributed by atoms with Crippen LogP contribution in [0.1, 0.15) is 40.2 Å². The Kier molecular flexibility index (Phi) is 7.67. The van der Waals surface area contributed by atoms with Gasteiger partial charge < -0.3 is 19.5 Å². The molecule has 1 rings (SSSR count). The first-order chi connectivity index (χ1) is 11.6. The Balaban J connectivity index is 2.50. The molecule has 1 unspecified atom stereocenters. The maximum Gasteiger partial charge on any atom is 0.408 e. The van der Waals surface area contributed by atoms with Crippen molar-refractivity contribution in [2.45, 2.75) is 52.7 Å². The van der Waals surface area contributed by atoms with Gasteiger partial charge in [0, 0.05) is 12.5 Å². The van der Waals surface area contributed by atoms with E-state index in [1.807, 2.05) is 0 Å². The summed E-state index contributed by atoms with van der Waals surface area (Å²) in [5.74, 6) is -0.547. The fourth-order valence-corrected chi connectivity index (χ4v) is 2.06. The molecule has 1 aromatic carbocycles. The number of halogens is 1. The van der Waals surface area contributed by atoms with Gasteiger partial charge in [0.2, 0.25) is 0 Å². The van der Waals surface area contributed by atoms with E-state index in [2.05, 4.69) is 5.32 Å². The number of carbonyl (C=O) groups is 2. The minimum absolute atomic E-state index is 0.291. The zero-order valence-corrected chi connectivity index (χ0v) is 15.3.